The van der Waals surface area contributed by atoms with Gasteiger partial charge in [-0.3, -0.25) is 0 Å². The topological polar surface area (TPSA) is 47.3 Å². The van der Waals surface area contributed by atoms with Crippen molar-refractivity contribution in [1.29, 1.82) is 0 Å². The van der Waals surface area contributed by atoms with E-state index in [4.69, 9.17) is 10.5 Å². The number of likely N-dealkylation sites (N-methyl/N-ethyl adjacent to an activating group) is 1. The van der Waals surface area contributed by atoms with Gasteiger partial charge in [-0.2, -0.15) is 0 Å². The molecule has 0 spiro atoms. The maximum Gasteiger partial charge on any atom is 0.122 e. The third-order valence-electron chi connectivity index (χ3n) is 3.47. The normalized spacial score (nSPS) is 13.5. The third kappa shape index (κ3) is 2.99. The Balaban J connectivity index is 3.07. The summed E-state index contributed by atoms with van der Waals surface area (Å²) >= 11 is 0. The summed E-state index contributed by atoms with van der Waals surface area (Å²) in [5.41, 5.74) is 8.51. The second kappa shape index (κ2) is 5.52. The van der Waals surface area contributed by atoms with Crippen LogP contribution in [0.4, 0.5) is 0 Å². The van der Waals surface area contributed by atoms with Crippen molar-refractivity contribution in [3.8, 4) is 5.75 Å². The second-order valence-corrected chi connectivity index (χ2v) is 4.87. The summed E-state index contributed by atoms with van der Waals surface area (Å²) in [4.78, 5) is 0. The molecule has 0 radical (unpaired) electrons. The van der Waals surface area contributed by atoms with Crippen LogP contribution in [0, 0.1) is 0 Å². The van der Waals surface area contributed by atoms with Crippen molar-refractivity contribution in [1.82, 2.24) is 5.32 Å². The van der Waals surface area contributed by atoms with Crippen LogP contribution >= 0.6 is 0 Å². The Morgan fingerprint density at radius 1 is 1.41 bits per heavy atom. The minimum absolute atomic E-state index is 0.0382. The zero-order valence-electron chi connectivity index (χ0n) is 11.5. The van der Waals surface area contributed by atoms with Crippen LogP contribution < -0.4 is 15.8 Å². The first-order valence-electron chi connectivity index (χ1n) is 6.07. The molecule has 3 N–H and O–H groups in total. The molecule has 0 amide bonds. The van der Waals surface area contributed by atoms with Crippen molar-refractivity contribution in [2.45, 2.75) is 38.8 Å². The van der Waals surface area contributed by atoms with Crippen LogP contribution in [-0.2, 0) is 6.42 Å². The van der Waals surface area contributed by atoms with E-state index in [1.54, 1.807) is 7.11 Å². The number of aryl methyl sites for hydroxylation is 1. The van der Waals surface area contributed by atoms with E-state index >= 15 is 0 Å². The molecule has 17 heavy (non-hydrogen) atoms. The molecule has 0 heterocycles. The number of nitrogens with one attached hydrogen (secondary N) is 1. The molecule has 0 bridgehead atoms. The molecular formula is C14H24N2O. The fourth-order valence-corrected chi connectivity index (χ4v) is 1.84. The lowest BCUT2D eigenvalue weighted by atomic mass is 9.88. The van der Waals surface area contributed by atoms with Gasteiger partial charge in [-0.1, -0.05) is 19.1 Å². The Labute approximate surface area is 104 Å². The van der Waals surface area contributed by atoms with Crippen molar-refractivity contribution in [2.75, 3.05) is 14.2 Å². The van der Waals surface area contributed by atoms with Crippen molar-refractivity contribution in [3.05, 3.63) is 29.3 Å². The van der Waals surface area contributed by atoms with Crippen LogP contribution in [0.25, 0.3) is 0 Å². The SMILES string of the molecule is CCc1cc(C(N)C(C)(C)NC)ccc1OC. The Hall–Kier alpha value is -1.06. The monoisotopic (exact) mass is 236 g/mol. The first kappa shape index (κ1) is 14.0. The van der Waals surface area contributed by atoms with E-state index < -0.39 is 0 Å². The zero-order valence-corrected chi connectivity index (χ0v) is 11.5. The van der Waals surface area contributed by atoms with Crippen LogP contribution in [0.15, 0.2) is 18.2 Å². The predicted octanol–water partition coefficient (Wildman–Crippen LogP) is 2.26. The largest absolute Gasteiger partial charge is 0.496 e. The van der Waals surface area contributed by atoms with Gasteiger partial charge in [0.25, 0.3) is 0 Å². The number of nitrogens with two attached hydrogens (primary N) is 1. The maximum absolute atomic E-state index is 6.30. The highest BCUT2D eigenvalue weighted by Crippen LogP contribution is 2.27. The van der Waals surface area contributed by atoms with Gasteiger partial charge in [-0.15, -0.1) is 0 Å². The van der Waals surface area contributed by atoms with Crippen LogP contribution in [0.2, 0.25) is 0 Å². The molecule has 1 aromatic carbocycles. The highest BCUT2D eigenvalue weighted by atomic mass is 16.5. The molecule has 0 saturated carbocycles. The summed E-state index contributed by atoms with van der Waals surface area (Å²) in [7, 11) is 3.63. The number of rotatable bonds is 5. The molecule has 0 saturated heterocycles. The average molecular weight is 236 g/mol. The van der Waals surface area contributed by atoms with Crippen LogP contribution in [0.3, 0.4) is 0 Å². The molecule has 1 aromatic rings. The summed E-state index contributed by atoms with van der Waals surface area (Å²) in [5, 5.41) is 3.25. The fraction of sp³-hybridized carbons (Fsp3) is 0.571. The van der Waals surface area contributed by atoms with E-state index in [0.717, 1.165) is 17.7 Å². The summed E-state index contributed by atoms with van der Waals surface area (Å²) in [6, 6.07) is 6.15. The second-order valence-electron chi connectivity index (χ2n) is 4.87. The molecule has 1 unspecified atom stereocenters. The quantitative estimate of drug-likeness (QED) is 0.824. The molecule has 3 heteroatoms. The van der Waals surface area contributed by atoms with Crippen LogP contribution in [0.5, 0.6) is 5.75 Å². The molecule has 0 aromatic heterocycles. The Morgan fingerprint density at radius 3 is 2.53 bits per heavy atom. The minimum atomic E-state index is -0.125. The van der Waals surface area contributed by atoms with Gasteiger partial charge in [-0.25, -0.2) is 0 Å². The van der Waals surface area contributed by atoms with E-state index in [1.165, 1.54) is 5.56 Å². The van der Waals surface area contributed by atoms with Gasteiger partial charge in [-0.05, 0) is 44.5 Å². The molecule has 0 aliphatic carbocycles. The van der Waals surface area contributed by atoms with Crippen molar-refractivity contribution < 1.29 is 4.74 Å². The molecule has 1 atom stereocenters. The molecule has 0 aliphatic rings. The van der Waals surface area contributed by atoms with Gasteiger partial charge >= 0.3 is 0 Å². The number of hydrogen-bond acceptors (Lipinski definition) is 3. The molecule has 0 fully saturated rings. The summed E-state index contributed by atoms with van der Waals surface area (Å²) in [6.45, 7) is 6.33. The summed E-state index contributed by atoms with van der Waals surface area (Å²) in [5.74, 6) is 0.936. The molecule has 3 nitrogen and oxygen atoms in total. The van der Waals surface area contributed by atoms with Gasteiger partial charge in [0.05, 0.1) is 7.11 Å². The maximum atomic E-state index is 6.30. The van der Waals surface area contributed by atoms with Crippen molar-refractivity contribution >= 4 is 0 Å². The van der Waals surface area contributed by atoms with E-state index in [1.807, 2.05) is 19.2 Å². The number of hydrogen-bond donors (Lipinski definition) is 2. The highest BCUT2D eigenvalue weighted by Gasteiger charge is 2.26. The van der Waals surface area contributed by atoms with Gasteiger partial charge in [0.1, 0.15) is 5.75 Å². The van der Waals surface area contributed by atoms with Crippen molar-refractivity contribution in [3.63, 3.8) is 0 Å². The van der Waals surface area contributed by atoms with Crippen molar-refractivity contribution in [2.24, 2.45) is 5.73 Å². The number of benzene rings is 1. The van der Waals surface area contributed by atoms with E-state index in [-0.39, 0.29) is 11.6 Å². The minimum Gasteiger partial charge on any atom is -0.496 e. The Bertz CT molecular complexity index is 374. The smallest absolute Gasteiger partial charge is 0.122 e. The Morgan fingerprint density at radius 2 is 2.06 bits per heavy atom. The molecule has 0 aliphatic heterocycles. The number of methoxy groups -OCH3 is 1. The van der Waals surface area contributed by atoms with Crippen LogP contribution in [-0.4, -0.2) is 19.7 Å². The van der Waals surface area contributed by atoms with Gasteiger partial charge < -0.3 is 15.8 Å². The number of ether oxygens (including phenoxy) is 1. The average Bonchev–Trinajstić information content (AvgIpc) is 2.36. The Kier molecular flexibility index (Phi) is 4.54. The standard InChI is InChI=1S/C14H24N2O/c1-6-10-9-11(7-8-12(10)17-5)13(15)14(2,3)16-4/h7-9,13,16H,6,15H2,1-5H3. The van der Waals surface area contributed by atoms with Gasteiger partial charge in [0.15, 0.2) is 0 Å². The molecule has 1 rings (SSSR count). The molecular weight excluding hydrogens is 212 g/mol. The van der Waals surface area contributed by atoms with Gasteiger partial charge in [0, 0.05) is 11.6 Å². The highest BCUT2D eigenvalue weighted by molar-refractivity contribution is 5.39. The van der Waals surface area contributed by atoms with E-state index in [9.17, 15) is 0 Å². The lowest BCUT2D eigenvalue weighted by Gasteiger charge is -2.32. The predicted molar refractivity (Wildman–Crippen MR) is 72.4 cm³/mol. The third-order valence-corrected chi connectivity index (χ3v) is 3.47. The first-order valence-corrected chi connectivity index (χ1v) is 6.07. The lowest BCUT2D eigenvalue weighted by molar-refractivity contribution is 0.348. The zero-order chi connectivity index (χ0) is 13.1. The summed E-state index contributed by atoms with van der Waals surface area (Å²) < 4.78 is 5.33. The van der Waals surface area contributed by atoms with E-state index in [2.05, 4.69) is 32.2 Å². The summed E-state index contributed by atoms with van der Waals surface area (Å²) in [6.07, 6.45) is 0.948. The van der Waals surface area contributed by atoms with Crippen LogP contribution in [0.1, 0.15) is 37.9 Å². The fourth-order valence-electron chi connectivity index (χ4n) is 1.84. The van der Waals surface area contributed by atoms with Gasteiger partial charge in [0.2, 0.25) is 0 Å². The first-order chi connectivity index (χ1) is 7.96. The molecule has 96 valence electrons. The van der Waals surface area contributed by atoms with E-state index in [0.29, 0.717) is 0 Å². The lowest BCUT2D eigenvalue weighted by Crippen LogP contribution is -2.46.